The standard InChI is InChI=1S/C60H76N12O5S/c1-39(2)55(59(75)71-23-9-11-51(71)58(74)64-41(4)45-15-17-46(18-16-45)56-42(5)62-38-78-56)53-31-54(67-77-53)70-24-19-43(20-25-70)35-69-26-21-60(22-27-69)32-48(33-60)68(6)28-29-76-37-40(3)72-36-44(34-63-72)13-14-47-30-50(65-66-57(47)61)49-10-7-8-12-52(49)73/h7-8,10,12,15-18,30-31,34,36,38-41,43,48,51,55,73H,9,11,19-29,32-33,35,37H2,1-6H3,(H2,61,66)(H,64,74)/t40?,41-,51?,55?/m0/s1. The van der Waals surface area contributed by atoms with Gasteiger partial charge in [-0.05, 0) is 139 Å². The van der Waals surface area contributed by atoms with E-state index in [2.05, 4.69) is 95.5 Å². The lowest BCUT2D eigenvalue weighted by Gasteiger charge is -2.55. The van der Waals surface area contributed by atoms with Gasteiger partial charge >= 0.3 is 0 Å². The number of hydrogen-bond acceptors (Lipinski definition) is 15. The monoisotopic (exact) mass is 1080 g/mol. The summed E-state index contributed by atoms with van der Waals surface area (Å²) < 4.78 is 14.0. The maximum atomic E-state index is 14.4. The number of aromatic hydroxyl groups is 1. The van der Waals surface area contributed by atoms with Crippen LogP contribution in [-0.4, -0.2) is 140 Å². The molecule has 1 aliphatic carbocycles. The van der Waals surface area contributed by atoms with Gasteiger partial charge in [0.25, 0.3) is 0 Å². The summed E-state index contributed by atoms with van der Waals surface area (Å²) in [5.74, 6) is 7.86. The van der Waals surface area contributed by atoms with Crippen LogP contribution in [0.2, 0.25) is 0 Å². The summed E-state index contributed by atoms with van der Waals surface area (Å²) in [5.41, 5.74) is 13.9. The number of thiazole rings is 1. The fraction of sp³-hybridized carbons (Fsp3) is 0.517. The Hall–Kier alpha value is -6.65. The number of aryl methyl sites for hydroxylation is 1. The first-order valence-corrected chi connectivity index (χ1v) is 28.9. The number of hydrogen-bond donors (Lipinski definition) is 3. The van der Waals surface area contributed by atoms with Crippen LogP contribution in [0.1, 0.15) is 125 Å². The lowest BCUT2D eigenvalue weighted by Crippen LogP contribution is -2.55. The molecule has 6 aromatic rings. The number of likely N-dealkylation sites (N-methyl/N-ethyl adjacent to an activating group) is 1. The van der Waals surface area contributed by atoms with Crippen molar-refractivity contribution in [3.8, 4) is 39.3 Å². The van der Waals surface area contributed by atoms with Crippen molar-refractivity contribution < 1.29 is 24.0 Å². The molecular weight excluding hydrogens is 1000 g/mol. The number of carbonyl (C=O) groups excluding carboxylic acids is 2. The van der Waals surface area contributed by atoms with E-state index in [1.54, 1.807) is 46.7 Å². The number of nitrogens with zero attached hydrogens (tertiary/aromatic N) is 10. The second kappa shape index (κ2) is 24.2. The first-order chi connectivity index (χ1) is 37.7. The molecule has 1 spiro atoms. The van der Waals surface area contributed by atoms with E-state index in [4.69, 9.17) is 15.0 Å². The number of benzene rings is 2. The highest BCUT2D eigenvalue weighted by Gasteiger charge is 2.47. The summed E-state index contributed by atoms with van der Waals surface area (Å²) in [5, 5.41) is 30.7. The molecule has 1 saturated carbocycles. The van der Waals surface area contributed by atoms with Crippen LogP contribution in [0, 0.1) is 36.0 Å². The van der Waals surface area contributed by atoms with Crippen LogP contribution >= 0.6 is 11.3 Å². The van der Waals surface area contributed by atoms with Gasteiger partial charge < -0.3 is 45.0 Å². The molecule has 7 heterocycles. The third-order valence-corrected chi connectivity index (χ3v) is 18.0. The van der Waals surface area contributed by atoms with Gasteiger partial charge in [0.05, 0.1) is 64.4 Å². The van der Waals surface area contributed by atoms with Crippen LogP contribution in [0.25, 0.3) is 21.7 Å². The number of para-hydroxylation sites is 1. The van der Waals surface area contributed by atoms with Gasteiger partial charge in [0.15, 0.2) is 17.4 Å². The Morgan fingerprint density at radius 2 is 1.76 bits per heavy atom. The number of amides is 2. The Morgan fingerprint density at radius 1 is 0.987 bits per heavy atom. The highest BCUT2D eigenvalue weighted by Crippen LogP contribution is 2.51. The van der Waals surface area contributed by atoms with E-state index < -0.39 is 12.0 Å². The van der Waals surface area contributed by atoms with Crippen molar-refractivity contribution in [1.29, 1.82) is 0 Å². The minimum atomic E-state index is -0.522. The third-order valence-electron chi connectivity index (χ3n) is 17.0. The van der Waals surface area contributed by atoms with Crippen LogP contribution in [0.4, 0.5) is 11.6 Å². The molecular formula is C60H76N12O5S. The largest absolute Gasteiger partial charge is 0.507 e. The quantitative estimate of drug-likeness (QED) is 0.0546. The number of anilines is 2. The number of nitrogen functional groups attached to an aromatic ring is 1. The molecule has 412 valence electrons. The van der Waals surface area contributed by atoms with E-state index in [-0.39, 0.29) is 41.4 Å². The average Bonchev–Trinajstić information content (AvgIpc) is 4.29. The predicted molar refractivity (Wildman–Crippen MR) is 304 cm³/mol. The van der Waals surface area contributed by atoms with Crippen LogP contribution in [0.5, 0.6) is 5.75 Å². The second-order valence-corrected chi connectivity index (χ2v) is 23.7. The number of ether oxygens (including phenoxy) is 1. The van der Waals surface area contributed by atoms with Crippen molar-refractivity contribution in [3.05, 3.63) is 107 Å². The SMILES string of the molecule is Cc1ncsc1-c1ccc([C@H](C)NC(=O)C2CCCN2C(=O)C(c2cc(N3CCC(CN4CCC5(CC4)CC(N(C)CCOCC(C)n4cc(C#Cc6cc(-c7ccccc7O)nnc6N)cn4)C5)CC3)no2)C(C)C)cc1. The summed E-state index contributed by atoms with van der Waals surface area (Å²) in [4.78, 5) is 43.0. The summed E-state index contributed by atoms with van der Waals surface area (Å²) in [7, 11) is 2.24. The Morgan fingerprint density at radius 3 is 2.49 bits per heavy atom. The molecule has 3 unspecified atom stereocenters. The fourth-order valence-electron chi connectivity index (χ4n) is 12.1. The molecule has 4 fully saturated rings. The zero-order valence-corrected chi connectivity index (χ0v) is 46.9. The lowest BCUT2D eigenvalue weighted by molar-refractivity contribution is -0.141. The number of carbonyl (C=O) groups is 2. The molecule has 4 N–H and O–H groups in total. The molecule has 4 atom stereocenters. The summed E-state index contributed by atoms with van der Waals surface area (Å²) >= 11 is 1.63. The molecule has 10 rings (SSSR count). The van der Waals surface area contributed by atoms with E-state index in [0.29, 0.717) is 66.1 Å². The zero-order valence-electron chi connectivity index (χ0n) is 46.1. The van der Waals surface area contributed by atoms with Crippen molar-refractivity contribution in [3.63, 3.8) is 0 Å². The van der Waals surface area contributed by atoms with Crippen molar-refractivity contribution in [2.24, 2.45) is 17.3 Å². The molecule has 3 saturated heterocycles. The van der Waals surface area contributed by atoms with E-state index in [0.717, 1.165) is 78.5 Å². The van der Waals surface area contributed by atoms with Crippen molar-refractivity contribution in [2.45, 2.75) is 116 Å². The number of likely N-dealkylation sites (tertiary alicyclic amines) is 2. The number of piperidine rings is 2. The molecule has 78 heavy (non-hydrogen) atoms. The molecule has 2 aromatic carbocycles. The smallest absolute Gasteiger partial charge is 0.243 e. The number of phenols is 1. The van der Waals surface area contributed by atoms with Gasteiger partial charge in [0, 0.05) is 56.6 Å². The van der Waals surface area contributed by atoms with Gasteiger partial charge in [-0.25, -0.2) is 4.98 Å². The number of rotatable bonds is 18. The number of phenolic OH excluding ortho intramolecular Hbond substituents is 1. The summed E-state index contributed by atoms with van der Waals surface area (Å²) in [6, 6.07) is 18.9. The van der Waals surface area contributed by atoms with Crippen LogP contribution in [0.3, 0.4) is 0 Å². The molecule has 3 aliphatic heterocycles. The third kappa shape index (κ3) is 12.4. The molecule has 18 heteroatoms. The second-order valence-electron chi connectivity index (χ2n) is 22.8. The first-order valence-electron chi connectivity index (χ1n) is 28.0. The zero-order chi connectivity index (χ0) is 54.5. The average molecular weight is 1080 g/mol. The Bertz CT molecular complexity index is 3060. The number of aromatic nitrogens is 6. The fourth-order valence-corrected chi connectivity index (χ4v) is 12.9. The van der Waals surface area contributed by atoms with Gasteiger partial charge in [0.2, 0.25) is 11.8 Å². The molecule has 0 radical (unpaired) electrons. The number of nitrogens with two attached hydrogens (primary N) is 1. The maximum absolute atomic E-state index is 14.4. The molecule has 2 amide bonds. The van der Waals surface area contributed by atoms with E-state index in [1.165, 1.54) is 38.8 Å². The van der Waals surface area contributed by atoms with Crippen molar-refractivity contribution in [1.82, 2.24) is 50.1 Å². The lowest BCUT2D eigenvalue weighted by atomic mass is 9.60. The maximum Gasteiger partial charge on any atom is 0.243 e. The van der Waals surface area contributed by atoms with Crippen molar-refractivity contribution in [2.75, 3.05) is 76.7 Å². The van der Waals surface area contributed by atoms with Gasteiger partial charge in [0.1, 0.15) is 17.7 Å². The van der Waals surface area contributed by atoms with Crippen LogP contribution in [-0.2, 0) is 14.3 Å². The topological polar surface area (TPSA) is 197 Å². The molecule has 0 bridgehead atoms. The van der Waals surface area contributed by atoms with Crippen LogP contribution < -0.4 is 16.0 Å². The highest BCUT2D eigenvalue weighted by molar-refractivity contribution is 7.13. The van der Waals surface area contributed by atoms with Crippen LogP contribution in [0.15, 0.2) is 83.1 Å². The van der Waals surface area contributed by atoms with Crippen molar-refractivity contribution >= 4 is 34.8 Å². The number of nitrogens with one attached hydrogen (secondary N) is 1. The van der Waals surface area contributed by atoms with Gasteiger partial charge in [-0.15, -0.1) is 21.5 Å². The van der Waals surface area contributed by atoms with E-state index >= 15 is 0 Å². The Balaban J connectivity index is 0.617. The minimum Gasteiger partial charge on any atom is -0.507 e. The normalized spacial score (nSPS) is 19.2. The minimum absolute atomic E-state index is 0.0318. The highest BCUT2D eigenvalue weighted by atomic mass is 32.1. The Labute approximate surface area is 462 Å². The summed E-state index contributed by atoms with van der Waals surface area (Å²) in [6.07, 6.45) is 12.4. The van der Waals surface area contributed by atoms with Gasteiger partial charge in [-0.1, -0.05) is 67.2 Å². The molecule has 4 aromatic heterocycles. The van der Waals surface area contributed by atoms with E-state index in [1.807, 2.05) is 56.2 Å². The molecule has 17 nitrogen and oxygen atoms in total. The summed E-state index contributed by atoms with van der Waals surface area (Å²) in [6.45, 7) is 18.2. The Kier molecular flexibility index (Phi) is 16.9. The molecule has 4 aliphatic rings. The predicted octanol–water partition coefficient (Wildman–Crippen LogP) is 8.73. The van der Waals surface area contributed by atoms with E-state index in [9.17, 15) is 14.7 Å². The first kappa shape index (κ1) is 54.7. The van der Waals surface area contributed by atoms with Gasteiger partial charge in [-0.2, -0.15) is 5.10 Å². The van der Waals surface area contributed by atoms with Gasteiger partial charge in [-0.3, -0.25) is 14.3 Å².